The zero-order valence-corrected chi connectivity index (χ0v) is 14.3. The summed E-state index contributed by atoms with van der Waals surface area (Å²) in [5.74, 6) is 0.198. The summed E-state index contributed by atoms with van der Waals surface area (Å²) in [5, 5.41) is 0. The Hall–Kier alpha value is -1.39. The molecule has 2 fully saturated rings. The summed E-state index contributed by atoms with van der Waals surface area (Å²) < 4.78 is 5.57. The molecule has 4 nitrogen and oxygen atoms in total. The summed E-state index contributed by atoms with van der Waals surface area (Å²) in [6.45, 7) is 7.88. The van der Waals surface area contributed by atoms with E-state index in [9.17, 15) is 4.79 Å². The molecule has 2 saturated heterocycles. The van der Waals surface area contributed by atoms with E-state index in [1.54, 1.807) is 0 Å². The second kappa shape index (κ2) is 7.45. The predicted molar refractivity (Wildman–Crippen MR) is 91.3 cm³/mol. The lowest BCUT2D eigenvalue weighted by atomic mass is 10.0. The highest BCUT2D eigenvalue weighted by Gasteiger charge is 2.35. The molecule has 3 atom stereocenters. The smallest absolute Gasteiger partial charge is 0.251 e. The zero-order valence-electron chi connectivity index (χ0n) is 14.3. The molecule has 0 N–H and O–H groups in total. The second-order valence-electron chi connectivity index (χ2n) is 6.92. The summed E-state index contributed by atoms with van der Waals surface area (Å²) in [6.07, 6.45) is 2.77. The summed E-state index contributed by atoms with van der Waals surface area (Å²) >= 11 is 0. The van der Waals surface area contributed by atoms with Crippen molar-refractivity contribution in [2.45, 2.75) is 51.3 Å². The van der Waals surface area contributed by atoms with Gasteiger partial charge in [0.15, 0.2) is 0 Å². The van der Waals surface area contributed by atoms with Gasteiger partial charge in [0, 0.05) is 38.3 Å². The van der Waals surface area contributed by atoms with E-state index >= 15 is 0 Å². The Balaban J connectivity index is 1.55. The fraction of sp³-hybridized carbons (Fsp3) is 0.632. The van der Waals surface area contributed by atoms with Gasteiger partial charge in [-0.1, -0.05) is 30.3 Å². The minimum Gasteiger partial charge on any atom is -0.368 e. The summed E-state index contributed by atoms with van der Waals surface area (Å²) in [6, 6.07) is 11.4. The van der Waals surface area contributed by atoms with Gasteiger partial charge < -0.3 is 9.64 Å². The molecule has 0 bridgehead atoms. The average molecular weight is 316 g/mol. The van der Waals surface area contributed by atoms with Crippen molar-refractivity contribution in [1.82, 2.24) is 9.80 Å². The average Bonchev–Trinajstić information content (AvgIpc) is 3.08. The van der Waals surface area contributed by atoms with Crippen LogP contribution in [-0.4, -0.2) is 60.1 Å². The van der Waals surface area contributed by atoms with Gasteiger partial charge in [0.2, 0.25) is 0 Å². The number of rotatable bonds is 4. The van der Waals surface area contributed by atoms with E-state index in [2.05, 4.69) is 49.1 Å². The fourth-order valence-electron chi connectivity index (χ4n) is 3.86. The molecule has 0 radical (unpaired) electrons. The van der Waals surface area contributed by atoms with E-state index in [4.69, 9.17) is 4.74 Å². The molecule has 0 spiro atoms. The molecule has 23 heavy (non-hydrogen) atoms. The number of carbonyl (C=O) groups is 1. The van der Waals surface area contributed by atoms with Crippen LogP contribution in [0.25, 0.3) is 0 Å². The Bertz CT molecular complexity index is 501. The van der Waals surface area contributed by atoms with Gasteiger partial charge in [-0.05, 0) is 38.7 Å². The standard InChI is InChI=1S/C19H28N2O2/c1-15-13-20(19(22)18-9-6-12-23-18)14-16(2)21(15)11-10-17-7-4-3-5-8-17/h3-5,7-8,15-16,18H,6,9-14H2,1-2H3. The second-order valence-corrected chi connectivity index (χ2v) is 6.92. The molecule has 126 valence electrons. The third-order valence-electron chi connectivity index (χ3n) is 5.12. The minimum atomic E-state index is -0.190. The molecular formula is C19H28N2O2. The third-order valence-corrected chi connectivity index (χ3v) is 5.12. The maximum absolute atomic E-state index is 12.6. The Morgan fingerprint density at radius 3 is 2.48 bits per heavy atom. The molecule has 2 aliphatic heterocycles. The summed E-state index contributed by atoms with van der Waals surface area (Å²) in [7, 11) is 0. The Morgan fingerprint density at radius 2 is 1.87 bits per heavy atom. The fourth-order valence-corrected chi connectivity index (χ4v) is 3.86. The van der Waals surface area contributed by atoms with Gasteiger partial charge in [-0.25, -0.2) is 0 Å². The molecule has 2 heterocycles. The largest absolute Gasteiger partial charge is 0.368 e. The first-order chi connectivity index (χ1) is 11.1. The van der Waals surface area contributed by atoms with Gasteiger partial charge in [0.05, 0.1) is 0 Å². The molecule has 0 saturated carbocycles. The molecule has 0 aliphatic carbocycles. The third kappa shape index (κ3) is 3.93. The first-order valence-electron chi connectivity index (χ1n) is 8.85. The molecule has 4 heteroatoms. The first kappa shape index (κ1) is 16.5. The van der Waals surface area contributed by atoms with Crippen molar-refractivity contribution >= 4 is 5.91 Å². The number of benzene rings is 1. The van der Waals surface area contributed by atoms with Crippen LogP contribution < -0.4 is 0 Å². The molecule has 3 unspecified atom stereocenters. The molecule has 2 aliphatic rings. The highest BCUT2D eigenvalue weighted by Crippen LogP contribution is 2.21. The summed E-state index contributed by atoms with van der Waals surface area (Å²) in [4.78, 5) is 17.1. The van der Waals surface area contributed by atoms with Crippen LogP contribution in [-0.2, 0) is 16.0 Å². The van der Waals surface area contributed by atoms with E-state index in [1.807, 2.05) is 4.90 Å². The van der Waals surface area contributed by atoms with Crippen molar-refractivity contribution in [3.05, 3.63) is 35.9 Å². The maximum atomic E-state index is 12.6. The number of hydrogen-bond donors (Lipinski definition) is 0. The van der Waals surface area contributed by atoms with Crippen molar-refractivity contribution in [3.8, 4) is 0 Å². The van der Waals surface area contributed by atoms with Gasteiger partial charge >= 0.3 is 0 Å². The molecule has 1 aromatic rings. The van der Waals surface area contributed by atoms with Crippen LogP contribution in [0, 0.1) is 0 Å². The predicted octanol–water partition coefficient (Wildman–Crippen LogP) is 2.33. The number of hydrogen-bond acceptors (Lipinski definition) is 3. The van der Waals surface area contributed by atoms with Gasteiger partial charge in [0.1, 0.15) is 6.10 Å². The maximum Gasteiger partial charge on any atom is 0.251 e. The molecule has 0 aromatic heterocycles. The van der Waals surface area contributed by atoms with Gasteiger partial charge in [-0.3, -0.25) is 9.69 Å². The molecule has 1 amide bonds. The van der Waals surface area contributed by atoms with Gasteiger partial charge in [-0.2, -0.15) is 0 Å². The van der Waals surface area contributed by atoms with Crippen molar-refractivity contribution in [3.63, 3.8) is 0 Å². The van der Waals surface area contributed by atoms with Crippen LogP contribution in [0.1, 0.15) is 32.3 Å². The van der Waals surface area contributed by atoms with Crippen LogP contribution in [0.5, 0.6) is 0 Å². The summed E-state index contributed by atoms with van der Waals surface area (Å²) in [5.41, 5.74) is 1.38. The van der Waals surface area contributed by atoms with E-state index in [0.717, 1.165) is 45.5 Å². The van der Waals surface area contributed by atoms with Crippen LogP contribution in [0.2, 0.25) is 0 Å². The van der Waals surface area contributed by atoms with Crippen molar-refractivity contribution in [2.75, 3.05) is 26.2 Å². The quantitative estimate of drug-likeness (QED) is 0.855. The zero-order chi connectivity index (χ0) is 16.2. The highest BCUT2D eigenvalue weighted by atomic mass is 16.5. The van der Waals surface area contributed by atoms with Crippen LogP contribution in [0.15, 0.2) is 30.3 Å². The number of ether oxygens (including phenoxy) is 1. The van der Waals surface area contributed by atoms with Crippen LogP contribution >= 0.6 is 0 Å². The highest BCUT2D eigenvalue weighted by molar-refractivity contribution is 5.81. The first-order valence-corrected chi connectivity index (χ1v) is 8.85. The van der Waals surface area contributed by atoms with E-state index in [1.165, 1.54) is 5.56 Å². The number of carbonyl (C=O) groups excluding carboxylic acids is 1. The van der Waals surface area contributed by atoms with Crippen LogP contribution in [0.3, 0.4) is 0 Å². The monoisotopic (exact) mass is 316 g/mol. The van der Waals surface area contributed by atoms with Crippen molar-refractivity contribution in [1.29, 1.82) is 0 Å². The Morgan fingerprint density at radius 1 is 1.17 bits per heavy atom. The molecule has 3 rings (SSSR count). The number of amides is 1. The number of piperazine rings is 1. The normalized spacial score (nSPS) is 29.0. The molecule has 1 aromatic carbocycles. The van der Waals surface area contributed by atoms with E-state index < -0.39 is 0 Å². The van der Waals surface area contributed by atoms with E-state index in [0.29, 0.717) is 12.1 Å². The minimum absolute atomic E-state index is 0.190. The van der Waals surface area contributed by atoms with Gasteiger partial charge in [0.25, 0.3) is 5.91 Å². The lowest BCUT2D eigenvalue weighted by molar-refractivity contribution is -0.145. The SMILES string of the molecule is CC1CN(C(=O)C2CCCO2)CC(C)N1CCc1ccccc1. The topological polar surface area (TPSA) is 32.8 Å². The van der Waals surface area contributed by atoms with E-state index in [-0.39, 0.29) is 12.0 Å². The number of nitrogens with zero attached hydrogens (tertiary/aromatic N) is 2. The lowest BCUT2D eigenvalue weighted by Gasteiger charge is -2.45. The Labute approximate surface area is 139 Å². The Kier molecular flexibility index (Phi) is 5.34. The van der Waals surface area contributed by atoms with Crippen molar-refractivity contribution < 1.29 is 9.53 Å². The molecular weight excluding hydrogens is 288 g/mol. The van der Waals surface area contributed by atoms with Crippen molar-refractivity contribution in [2.24, 2.45) is 0 Å². The van der Waals surface area contributed by atoms with Crippen LogP contribution in [0.4, 0.5) is 0 Å². The lowest BCUT2D eigenvalue weighted by Crippen LogP contribution is -2.59. The van der Waals surface area contributed by atoms with Gasteiger partial charge in [-0.15, -0.1) is 0 Å².